The predicted octanol–water partition coefficient (Wildman–Crippen LogP) is 3.08. The Labute approximate surface area is 124 Å². The van der Waals surface area contributed by atoms with Crippen LogP contribution < -0.4 is 10.1 Å². The van der Waals surface area contributed by atoms with Gasteiger partial charge in [0.2, 0.25) is 5.91 Å². The molecule has 3 nitrogen and oxygen atoms in total. The van der Waals surface area contributed by atoms with Crippen molar-refractivity contribution >= 4 is 5.91 Å². The molecule has 1 saturated heterocycles. The van der Waals surface area contributed by atoms with Gasteiger partial charge in [-0.25, -0.2) is 0 Å². The molecule has 0 bridgehead atoms. The van der Waals surface area contributed by atoms with Crippen LogP contribution in [0.5, 0.6) is 5.75 Å². The third kappa shape index (κ3) is 2.77. The first-order valence-corrected chi connectivity index (χ1v) is 7.26. The molecule has 1 amide bonds. The summed E-state index contributed by atoms with van der Waals surface area (Å²) in [4.78, 5) is 12.4. The van der Waals surface area contributed by atoms with Crippen molar-refractivity contribution < 1.29 is 9.53 Å². The van der Waals surface area contributed by atoms with Crippen LogP contribution in [0, 0.1) is 0 Å². The smallest absolute Gasteiger partial charge is 0.228 e. The summed E-state index contributed by atoms with van der Waals surface area (Å²) in [5.41, 5.74) is 2.27. The lowest BCUT2D eigenvalue weighted by Gasteiger charge is -2.32. The Morgan fingerprint density at radius 3 is 2.38 bits per heavy atom. The molecule has 3 heteroatoms. The van der Waals surface area contributed by atoms with E-state index in [4.69, 9.17) is 4.74 Å². The largest absolute Gasteiger partial charge is 0.497 e. The maximum atomic E-state index is 12.4. The summed E-state index contributed by atoms with van der Waals surface area (Å²) in [5.74, 6) is 1.06. The van der Waals surface area contributed by atoms with Crippen LogP contribution in [0.2, 0.25) is 0 Å². The van der Waals surface area contributed by atoms with Gasteiger partial charge in [0.25, 0.3) is 0 Å². The van der Waals surface area contributed by atoms with Gasteiger partial charge in [0.1, 0.15) is 5.75 Å². The van der Waals surface area contributed by atoms with Gasteiger partial charge in [-0.1, -0.05) is 42.5 Å². The van der Waals surface area contributed by atoms with Crippen LogP contribution in [0.25, 0.3) is 0 Å². The second kappa shape index (κ2) is 6.00. The molecule has 2 aromatic carbocycles. The summed E-state index contributed by atoms with van der Waals surface area (Å²) in [7, 11) is 1.66. The number of amides is 1. The number of carbonyl (C=O) groups is 1. The summed E-state index contributed by atoms with van der Waals surface area (Å²) in [6.07, 6.45) is 0.956. The first kappa shape index (κ1) is 13.7. The highest BCUT2D eigenvalue weighted by atomic mass is 16.5. The predicted molar refractivity (Wildman–Crippen MR) is 82.5 cm³/mol. The summed E-state index contributed by atoms with van der Waals surface area (Å²) in [6, 6.07) is 18.1. The average molecular weight is 281 g/mol. The minimum Gasteiger partial charge on any atom is -0.497 e. The number of nitrogens with one attached hydrogen (secondary N) is 1. The van der Waals surface area contributed by atoms with E-state index in [9.17, 15) is 4.79 Å². The van der Waals surface area contributed by atoms with Crippen LogP contribution in [0.4, 0.5) is 0 Å². The van der Waals surface area contributed by atoms with E-state index in [1.165, 1.54) is 5.56 Å². The summed E-state index contributed by atoms with van der Waals surface area (Å²) in [5, 5.41) is 2.99. The number of carbonyl (C=O) groups excluding carboxylic acids is 1. The van der Waals surface area contributed by atoms with Crippen molar-refractivity contribution in [2.45, 2.75) is 18.3 Å². The highest BCUT2D eigenvalue weighted by molar-refractivity contribution is 5.85. The molecule has 0 spiro atoms. The van der Waals surface area contributed by atoms with Crippen molar-refractivity contribution in [2.75, 3.05) is 13.7 Å². The number of hydrogen-bond donors (Lipinski definition) is 1. The molecule has 108 valence electrons. The second-order valence-corrected chi connectivity index (χ2v) is 5.35. The Kier molecular flexibility index (Phi) is 3.91. The number of benzene rings is 2. The quantitative estimate of drug-likeness (QED) is 0.939. The normalized spacial score (nSPS) is 21.7. The topological polar surface area (TPSA) is 38.3 Å². The van der Waals surface area contributed by atoms with Gasteiger partial charge < -0.3 is 10.1 Å². The van der Waals surface area contributed by atoms with E-state index in [1.54, 1.807) is 7.11 Å². The van der Waals surface area contributed by atoms with E-state index in [0.29, 0.717) is 0 Å². The van der Waals surface area contributed by atoms with Crippen LogP contribution in [0.15, 0.2) is 54.6 Å². The molecule has 3 rings (SSSR count). The molecule has 0 radical (unpaired) electrons. The number of rotatable bonds is 3. The molecule has 2 aromatic rings. The Hall–Kier alpha value is -2.29. The molecular weight excluding hydrogens is 262 g/mol. The minimum atomic E-state index is -0.117. The van der Waals surface area contributed by atoms with Crippen molar-refractivity contribution in [3.8, 4) is 5.75 Å². The molecule has 2 atom stereocenters. The Balaban J connectivity index is 1.95. The second-order valence-electron chi connectivity index (χ2n) is 5.35. The molecule has 1 fully saturated rings. The van der Waals surface area contributed by atoms with E-state index in [2.05, 4.69) is 17.4 Å². The molecule has 0 aliphatic carbocycles. The van der Waals surface area contributed by atoms with Crippen molar-refractivity contribution in [3.05, 3.63) is 65.7 Å². The van der Waals surface area contributed by atoms with Crippen LogP contribution in [0.1, 0.15) is 29.4 Å². The van der Waals surface area contributed by atoms with Gasteiger partial charge in [0, 0.05) is 12.5 Å². The van der Waals surface area contributed by atoms with Gasteiger partial charge in [0.15, 0.2) is 0 Å². The molecule has 0 saturated carbocycles. The zero-order valence-corrected chi connectivity index (χ0v) is 12.1. The Morgan fingerprint density at radius 1 is 1.00 bits per heavy atom. The lowest BCUT2D eigenvalue weighted by atomic mass is 9.77. The van der Waals surface area contributed by atoms with E-state index in [0.717, 1.165) is 24.3 Å². The summed E-state index contributed by atoms with van der Waals surface area (Å²) in [6.45, 7) is 0.735. The summed E-state index contributed by atoms with van der Waals surface area (Å²) >= 11 is 0. The first-order chi connectivity index (χ1) is 10.3. The Bertz CT molecular complexity index is 607. The van der Waals surface area contributed by atoms with E-state index >= 15 is 0 Å². The van der Waals surface area contributed by atoms with Crippen LogP contribution >= 0.6 is 0 Å². The molecule has 0 aromatic heterocycles. The van der Waals surface area contributed by atoms with Crippen molar-refractivity contribution in [1.29, 1.82) is 0 Å². The van der Waals surface area contributed by atoms with Gasteiger partial charge in [-0.3, -0.25) is 4.79 Å². The molecule has 21 heavy (non-hydrogen) atoms. The fourth-order valence-electron chi connectivity index (χ4n) is 3.06. The molecule has 1 aliphatic rings. The van der Waals surface area contributed by atoms with Gasteiger partial charge >= 0.3 is 0 Å². The lowest BCUT2D eigenvalue weighted by Crippen LogP contribution is -2.39. The lowest BCUT2D eigenvalue weighted by molar-refractivity contribution is -0.124. The first-order valence-electron chi connectivity index (χ1n) is 7.26. The molecule has 1 aliphatic heterocycles. The zero-order chi connectivity index (χ0) is 14.7. The third-order valence-electron chi connectivity index (χ3n) is 4.14. The Morgan fingerprint density at radius 2 is 1.71 bits per heavy atom. The van der Waals surface area contributed by atoms with Gasteiger partial charge in [-0.05, 0) is 29.7 Å². The molecule has 2 unspecified atom stereocenters. The van der Waals surface area contributed by atoms with Crippen molar-refractivity contribution in [3.63, 3.8) is 0 Å². The highest BCUT2D eigenvalue weighted by Gasteiger charge is 2.33. The standard InChI is InChI=1S/C18H19NO2/c1-21-15-9-7-13(8-10-15)16-11-12-19-18(20)17(16)14-5-3-2-4-6-14/h2-10,16-17H,11-12H2,1H3,(H,19,20). The van der Waals surface area contributed by atoms with Gasteiger partial charge in [-0.15, -0.1) is 0 Å². The third-order valence-corrected chi connectivity index (χ3v) is 4.14. The molecule has 1 heterocycles. The van der Waals surface area contributed by atoms with Gasteiger partial charge in [-0.2, -0.15) is 0 Å². The SMILES string of the molecule is COc1ccc(C2CCNC(=O)C2c2ccccc2)cc1. The number of methoxy groups -OCH3 is 1. The molecular formula is C18H19NO2. The minimum absolute atomic E-state index is 0.117. The highest BCUT2D eigenvalue weighted by Crippen LogP contribution is 2.38. The van der Waals surface area contributed by atoms with Crippen LogP contribution in [-0.2, 0) is 4.79 Å². The number of piperidine rings is 1. The molecule has 1 N–H and O–H groups in total. The van der Waals surface area contributed by atoms with Gasteiger partial charge in [0.05, 0.1) is 13.0 Å². The maximum Gasteiger partial charge on any atom is 0.228 e. The van der Waals surface area contributed by atoms with E-state index in [1.807, 2.05) is 42.5 Å². The fourth-order valence-corrected chi connectivity index (χ4v) is 3.06. The van der Waals surface area contributed by atoms with E-state index in [-0.39, 0.29) is 17.7 Å². The maximum absolute atomic E-state index is 12.4. The number of hydrogen-bond acceptors (Lipinski definition) is 2. The fraction of sp³-hybridized carbons (Fsp3) is 0.278. The van der Waals surface area contributed by atoms with E-state index < -0.39 is 0 Å². The monoisotopic (exact) mass is 281 g/mol. The summed E-state index contributed by atoms with van der Waals surface area (Å²) < 4.78 is 5.21. The van der Waals surface area contributed by atoms with Crippen LogP contribution in [0.3, 0.4) is 0 Å². The van der Waals surface area contributed by atoms with Crippen molar-refractivity contribution in [1.82, 2.24) is 5.32 Å². The van der Waals surface area contributed by atoms with Crippen LogP contribution in [-0.4, -0.2) is 19.6 Å². The average Bonchev–Trinajstić information content (AvgIpc) is 2.55. The number of ether oxygens (including phenoxy) is 1. The van der Waals surface area contributed by atoms with Crippen molar-refractivity contribution in [2.24, 2.45) is 0 Å². The zero-order valence-electron chi connectivity index (χ0n) is 12.1.